The number of piperidine rings is 6. The molecule has 1 amide bonds. The Kier molecular flexibility index (Phi) is 30.2. The predicted octanol–water partition coefficient (Wildman–Crippen LogP) is 15.0. The molecule has 4 N–H and O–H groups in total. The third-order valence-electron chi connectivity index (χ3n) is 17.8. The van der Waals surface area contributed by atoms with Crippen LogP contribution < -0.4 is 26.2 Å². The van der Waals surface area contributed by atoms with Crippen LogP contribution in [-0.2, 0) is 0 Å². The number of likely N-dealkylation sites (tertiary alicyclic amines) is 3. The number of nitrogen functional groups attached to an aromatic ring is 1. The van der Waals surface area contributed by atoms with E-state index in [0.29, 0.717) is 21.2 Å². The van der Waals surface area contributed by atoms with Crippen LogP contribution in [0.3, 0.4) is 0 Å². The van der Waals surface area contributed by atoms with E-state index in [4.69, 9.17) is 52.1 Å². The van der Waals surface area contributed by atoms with E-state index in [1.807, 2.05) is 38.4 Å². The average Bonchev–Trinajstić information content (AvgIpc) is 3.74. The fourth-order valence-corrected chi connectivity index (χ4v) is 13.2. The number of carbonyl (C=O) groups is 2. The van der Waals surface area contributed by atoms with Crippen molar-refractivity contribution < 1.29 is 14.5 Å². The van der Waals surface area contributed by atoms with E-state index in [1.165, 1.54) is 206 Å². The van der Waals surface area contributed by atoms with Gasteiger partial charge in [-0.25, -0.2) is 15.0 Å². The van der Waals surface area contributed by atoms with Gasteiger partial charge in [0.15, 0.2) is 11.6 Å². The number of hydrogen-bond donors (Lipinski definition) is 3. The van der Waals surface area contributed by atoms with Crippen LogP contribution in [0.15, 0.2) is 85.3 Å². The molecule has 9 heterocycles. The van der Waals surface area contributed by atoms with E-state index < -0.39 is 10.2 Å². The number of carbonyl (C=O) groups excluding carboxylic acids is 2. The molecule has 3 aromatic heterocycles. The van der Waals surface area contributed by atoms with Gasteiger partial charge in [0.05, 0.1) is 16.3 Å². The molecule has 0 spiro atoms. The van der Waals surface area contributed by atoms with Crippen molar-refractivity contribution in [1.82, 2.24) is 35.0 Å². The Balaban J connectivity index is 0.000000168. The second-order valence-electron chi connectivity index (χ2n) is 24.8. The van der Waals surface area contributed by atoms with Gasteiger partial charge in [-0.05, 0) is 284 Å². The maximum absolute atomic E-state index is 12.8. The highest BCUT2D eigenvalue weighted by Gasteiger charge is 2.26. The third kappa shape index (κ3) is 24.6. The van der Waals surface area contributed by atoms with Crippen molar-refractivity contribution in [1.29, 1.82) is 0 Å². The van der Waals surface area contributed by atoms with Crippen LogP contribution in [-0.4, -0.2) is 144 Å². The smallest absolute Gasteiger partial charge is 0.306 e. The summed E-state index contributed by atoms with van der Waals surface area (Å²) in [6, 6.07) is 19.0. The zero-order chi connectivity index (χ0) is 62.6. The van der Waals surface area contributed by atoms with Crippen molar-refractivity contribution in [2.24, 2.45) is 17.8 Å². The number of amides is 1. The van der Waals surface area contributed by atoms with Gasteiger partial charge in [-0.1, -0.05) is 66.2 Å². The van der Waals surface area contributed by atoms with Crippen LogP contribution in [0, 0.1) is 48.6 Å². The molecular weight excluding hydrogens is 1190 g/mol. The quantitative estimate of drug-likeness (QED) is 0.0390. The lowest BCUT2D eigenvalue weighted by molar-refractivity contribution is -0.385. The minimum absolute atomic E-state index is 0.0689. The Hall–Kier alpha value is -5.17. The molecular formula is C68H96Cl4N12O4. The number of benzene rings is 2. The summed E-state index contributed by atoms with van der Waals surface area (Å²) in [6.07, 6.45) is 29.8. The van der Waals surface area contributed by atoms with Gasteiger partial charge in [-0.3, -0.25) is 19.7 Å². The molecule has 6 saturated heterocycles. The second-order valence-corrected chi connectivity index (χ2v) is 26.3. The average molecular weight is 1290 g/mol. The maximum atomic E-state index is 12.8. The topological polar surface area (TPSA) is 182 Å². The van der Waals surface area contributed by atoms with Crippen LogP contribution in [0.25, 0.3) is 0 Å². The Bertz CT molecular complexity index is 2900. The summed E-state index contributed by atoms with van der Waals surface area (Å²) in [5.74, 6) is 4.37. The minimum atomic E-state index is -0.553. The summed E-state index contributed by atoms with van der Waals surface area (Å²) in [4.78, 5) is 58.5. The molecule has 480 valence electrons. The standard InChI is InChI=1S/C25H33ClN4O.C18H30N4.C12H24N2.C7H4Cl2O.C6H5ClN2O2/c1-19-16-23(28-25(31)21-6-5-7-22(26)17-21)24(27-18-19)30-14-9-20(10-15-30)8-13-29-11-3-2-4-12-29;1-15-13-17(19)18(20-14-15)22-11-6-16(7-12-22)5-10-21-8-3-2-4-9-21;1-2-9-14(10-3-1)11-6-12-4-7-13-8-5-12;8-6-3-1-2-5(4-6)7(9)10;1-4-2-5(9(10)11)6(7)8-3-4/h5-7,16-18,20H,2-4,8-15H2,1H3,(H,28,31);13-14,16H,2-12,19H2,1H3;12-13H,1-11H2;1-4H;2-3H,1H3. The summed E-state index contributed by atoms with van der Waals surface area (Å²) in [5.41, 5.74) is 11.5. The molecule has 2 aromatic carbocycles. The van der Waals surface area contributed by atoms with Gasteiger partial charge in [0.1, 0.15) is 0 Å². The molecule has 20 heteroatoms. The number of anilines is 4. The van der Waals surface area contributed by atoms with Crippen LogP contribution in [0.4, 0.5) is 28.7 Å². The van der Waals surface area contributed by atoms with Gasteiger partial charge in [-0.15, -0.1) is 0 Å². The van der Waals surface area contributed by atoms with Crippen LogP contribution in [0.2, 0.25) is 15.2 Å². The molecule has 6 aliphatic heterocycles. The molecule has 0 aliphatic carbocycles. The Morgan fingerprint density at radius 2 is 0.989 bits per heavy atom. The third-order valence-corrected chi connectivity index (χ3v) is 18.7. The number of hydrogen-bond acceptors (Lipinski definition) is 14. The highest BCUT2D eigenvalue weighted by atomic mass is 35.5. The fraction of sp³-hybridized carbons (Fsp3) is 0.574. The van der Waals surface area contributed by atoms with Gasteiger partial charge in [-0.2, -0.15) is 0 Å². The summed E-state index contributed by atoms with van der Waals surface area (Å²) in [5, 5.41) is 17.3. The summed E-state index contributed by atoms with van der Waals surface area (Å²) < 4.78 is 0. The number of rotatable bonds is 15. The molecule has 16 nitrogen and oxygen atoms in total. The predicted molar refractivity (Wildman–Crippen MR) is 364 cm³/mol. The highest BCUT2D eigenvalue weighted by molar-refractivity contribution is 6.67. The number of aromatic nitrogens is 3. The first kappa shape index (κ1) is 70.3. The minimum Gasteiger partial charge on any atom is -0.396 e. The lowest BCUT2D eigenvalue weighted by atomic mass is 9.93. The maximum Gasteiger partial charge on any atom is 0.306 e. The van der Waals surface area contributed by atoms with Gasteiger partial charge < -0.3 is 40.9 Å². The zero-order valence-corrected chi connectivity index (χ0v) is 55.4. The highest BCUT2D eigenvalue weighted by Crippen LogP contribution is 2.32. The zero-order valence-electron chi connectivity index (χ0n) is 52.4. The molecule has 0 saturated carbocycles. The van der Waals surface area contributed by atoms with Crippen molar-refractivity contribution >= 4 is 86.3 Å². The molecule has 5 aromatic rings. The molecule has 6 fully saturated rings. The molecule has 0 unspecified atom stereocenters. The van der Waals surface area contributed by atoms with Crippen molar-refractivity contribution in [2.45, 2.75) is 136 Å². The summed E-state index contributed by atoms with van der Waals surface area (Å²) in [7, 11) is 0. The van der Waals surface area contributed by atoms with Crippen LogP contribution in [0.5, 0.6) is 0 Å². The van der Waals surface area contributed by atoms with Gasteiger partial charge in [0, 0.05) is 72.0 Å². The van der Waals surface area contributed by atoms with Crippen molar-refractivity contribution in [3.05, 3.63) is 138 Å². The summed E-state index contributed by atoms with van der Waals surface area (Å²) >= 11 is 22.2. The SMILES string of the molecule is C1CCN(CCC2CCNCC2)CC1.Cc1cnc(Cl)c([N+](=O)[O-])c1.Cc1cnc(N2CCC(CCN3CCCCC3)CC2)c(N)c1.Cc1cnc(N2CCC(CCN3CCCCC3)CC2)c(NC(=O)c2cccc(Cl)c2)c1.O=C(Cl)c1cccc(Cl)c1. The van der Waals surface area contributed by atoms with Gasteiger partial charge in [0.2, 0.25) is 5.15 Å². The van der Waals surface area contributed by atoms with E-state index in [2.05, 4.69) is 50.1 Å². The molecule has 6 aliphatic rings. The Morgan fingerprint density at radius 1 is 0.568 bits per heavy atom. The second kappa shape index (κ2) is 37.9. The van der Waals surface area contributed by atoms with Gasteiger partial charge in [0.25, 0.3) is 11.1 Å². The van der Waals surface area contributed by atoms with Crippen LogP contribution in [0.1, 0.15) is 153 Å². The number of nitrogens with one attached hydrogen (secondary N) is 2. The van der Waals surface area contributed by atoms with E-state index in [0.717, 1.165) is 83.6 Å². The van der Waals surface area contributed by atoms with Crippen molar-refractivity contribution in [3.63, 3.8) is 0 Å². The number of pyridine rings is 3. The van der Waals surface area contributed by atoms with E-state index in [-0.39, 0.29) is 16.7 Å². The number of nitrogens with two attached hydrogens (primary N) is 1. The van der Waals surface area contributed by atoms with Crippen molar-refractivity contribution in [2.75, 3.05) is 119 Å². The first-order valence-corrected chi connectivity index (χ1v) is 33.9. The lowest BCUT2D eigenvalue weighted by Crippen LogP contribution is -2.37. The van der Waals surface area contributed by atoms with Crippen molar-refractivity contribution in [3.8, 4) is 0 Å². The number of nitrogens with zero attached hydrogens (tertiary/aromatic N) is 9. The Morgan fingerprint density at radius 3 is 1.43 bits per heavy atom. The molecule has 0 atom stereocenters. The fourth-order valence-electron chi connectivity index (χ4n) is 12.5. The van der Waals surface area contributed by atoms with Crippen LogP contribution >= 0.6 is 46.4 Å². The molecule has 11 rings (SSSR count). The van der Waals surface area contributed by atoms with E-state index in [9.17, 15) is 19.7 Å². The van der Waals surface area contributed by atoms with E-state index >= 15 is 0 Å². The van der Waals surface area contributed by atoms with E-state index in [1.54, 1.807) is 49.4 Å². The summed E-state index contributed by atoms with van der Waals surface area (Å²) in [6.45, 7) is 24.3. The molecule has 0 bridgehead atoms. The number of nitro groups is 1. The lowest BCUT2D eigenvalue weighted by Gasteiger charge is -2.35. The molecule has 0 radical (unpaired) electrons. The monoisotopic (exact) mass is 1280 g/mol. The first-order chi connectivity index (χ1) is 42.6. The Labute approximate surface area is 544 Å². The number of halogens is 4. The number of aryl methyl sites for hydroxylation is 3. The first-order valence-electron chi connectivity index (χ1n) is 32.4. The normalized spacial score (nSPS) is 18.2. The molecule has 88 heavy (non-hydrogen) atoms. The van der Waals surface area contributed by atoms with Gasteiger partial charge >= 0.3 is 5.69 Å². The largest absolute Gasteiger partial charge is 0.396 e.